The maximum Gasteiger partial charge on any atom is 0.175 e. The smallest absolute Gasteiger partial charge is 0.175 e. The van der Waals surface area contributed by atoms with Gasteiger partial charge in [-0.15, -0.1) is 5.10 Å². The molecule has 0 fully saturated rings. The molecule has 0 saturated carbocycles. The van der Waals surface area contributed by atoms with Gasteiger partial charge in [-0.25, -0.2) is 15.0 Å². The third kappa shape index (κ3) is 4.00. The van der Waals surface area contributed by atoms with E-state index in [2.05, 4.69) is 49.8 Å². The van der Waals surface area contributed by atoms with Crippen LogP contribution in [0.1, 0.15) is 19.4 Å². The first-order valence-electron chi connectivity index (χ1n) is 9.08. The lowest BCUT2D eigenvalue weighted by Crippen LogP contribution is -2.24. The minimum Gasteiger partial charge on any atom is -0.382 e. The first-order chi connectivity index (χ1) is 14.1. The summed E-state index contributed by atoms with van der Waals surface area (Å²) in [6.07, 6.45) is 1.44. The molecule has 0 aliphatic heterocycles. The van der Waals surface area contributed by atoms with Crippen LogP contribution in [0.4, 0.5) is 5.82 Å². The van der Waals surface area contributed by atoms with Crippen LogP contribution in [-0.4, -0.2) is 42.2 Å². The van der Waals surface area contributed by atoms with Crippen molar-refractivity contribution in [2.75, 3.05) is 18.8 Å². The Hall–Kier alpha value is -2.81. The fraction of sp³-hybridized carbons (Fsp3) is 0.333. The normalized spacial score (nSPS) is 11.5. The van der Waals surface area contributed by atoms with Gasteiger partial charge in [-0.1, -0.05) is 30.1 Å². The highest BCUT2D eigenvalue weighted by Crippen LogP contribution is 2.35. The summed E-state index contributed by atoms with van der Waals surface area (Å²) < 4.78 is 6.85. The molecule has 3 N–H and O–H groups in total. The minimum atomic E-state index is 0.338. The van der Waals surface area contributed by atoms with Gasteiger partial charge in [-0.3, -0.25) is 0 Å². The Kier molecular flexibility index (Phi) is 5.57. The molecule has 0 aliphatic rings. The van der Waals surface area contributed by atoms with E-state index in [1.54, 1.807) is 0 Å². The van der Waals surface area contributed by atoms with Crippen LogP contribution in [0.15, 0.2) is 28.5 Å². The Morgan fingerprint density at radius 3 is 3.00 bits per heavy atom. The van der Waals surface area contributed by atoms with Gasteiger partial charge in [-0.05, 0) is 36.1 Å². The minimum absolute atomic E-state index is 0.338. The average Bonchev–Trinajstić information content (AvgIpc) is 3.29. The molecule has 11 heteroatoms. The van der Waals surface area contributed by atoms with Gasteiger partial charge in [0, 0.05) is 18.0 Å². The standard InChI is InChI=1S/C18H19N9S2/c1-10(2)8-21-3-4-27-17-15(16(20)22-9-23-17)24-18(27)28-13-6-12-14(29-26-25-12)5-11(13)7-19/h5-6,9-10,21H,3-4,8H2,1-2H3,(H2,20,22,23). The molecular formula is C18H19N9S2. The Morgan fingerprint density at radius 2 is 2.21 bits per heavy atom. The molecular weight excluding hydrogens is 406 g/mol. The van der Waals surface area contributed by atoms with Crippen molar-refractivity contribution in [1.82, 2.24) is 34.4 Å². The van der Waals surface area contributed by atoms with Gasteiger partial charge >= 0.3 is 0 Å². The summed E-state index contributed by atoms with van der Waals surface area (Å²) in [5, 5.41) is 17.9. The van der Waals surface area contributed by atoms with Crippen LogP contribution < -0.4 is 11.1 Å². The molecule has 0 atom stereocenters. The van der Waals surface area contributed by atoms with Crippen LogP contribution in [0.3, 0.4) is 0 Å². The number of nitrogens with one attached hydrogen (secondary N) is 1. The maximum atomic E-state index is 9.59. The molecule has 0 amide bonds. The Morgan fingerprint density at radius 1 is 1.34 bits per heavy atom. The SMILES string of the molecule is CC(C)CNCCn1c(Sc2cc3nnsc3cc2C#N)nc2c(N)ncnc21. The van der Waals surface area contributed by atoms with Gasteiger partial charge in [0.1, 0.15) is 17.9 Å². The van der Waals surface area contributed by atoms with E-state index in [-0.39, 0.29) is 0 Å². The predicted octanol–water partition coefficient (Wildman–Crippen LogP) is 2.68. The van der Waals surface area contributed by atoms with Gasteiger partial charge in [0.25, 0.3) is 0 Å². The molecule has 0 radical (unpaired) electrons. The van der Waals surface area contributed by atoms with E-state index in [1.165, 1.54) is 29.6 Å². The fourth-order valence-corrected chi connectivity index (χ4v) is 4.46. The number of nitrogens with two attached hydrogens (primary N) is 1. The van der Waals surface area contributed by atoms with Crippen LogP contribution in [0.25, 0.3) is 21.4 Å². The lowest BCUT2D eigenvalue weighted by atomic mass is 10.2. The first-order valence-corrected chi connectivity index (χ1v) is 10.7. The highest BCUT2D eigenvalue weighted by molar-refractivity contribution is 7.99. The molecule has 4 rings (SSSR count). The van der Waals surface area contributed by atoms with Crippen molar-refractivity contribution >= 4 is 50.5 Å². The van der Waals surface area contributed by atoms with Gasteiger partial charge in [0.05, 0.1) is 10.3 Å². The van der Waals surface area contributed by atoms with Crippen molar-refractivity contribution in [2.45, 2.75) is 30.4 Å². The zero-order valence-electron chi connectivity index (χ0n) is 16.0. The van der Waals surface area contributed by atoms with Crippen LogP contribution in [0, 0.1) is 17.2 Å². The van der Waals surface area contributed by atoms with Crippen molar-refractivity contribution < 1.29 is 0 Å². The zero-order chi connectivity index (χ0) is 20.4. The van der Waals surface area contributed by atoms with Crippen molar-refractivity contribution in [2.24, 2.45) is 5.92 Å². The summed E-state index contributed by atoms with van der Waals surface area (Å²) in [5.74, 6) is 0.906. The largest absolute Gasteiger partial charge is 0.382 e. The quantitative estimate of drug-likeness (QED) is 0.429. The Bertz CT molecular complexity index is 1210. The van der Waals surface area contributed by atoms with E-state index < -0.39 is 0 Å². The van der Waals surface area contributed by atoms with E-state index in [4.69, 9.17) is 5.73 Å². The highest BCUT2D eigenvalue weighted by atomic mass is 32.2. The number of hydrogen-bond acceptors (Lipinski definition) is 10. The number of nitrogen functional groups attached to an aromatic ring is 1. The molecule has 0 bridgehead atoms. The number of aromatic nitrogens is 6. The fourth-order valence-electron chi connectivity index (χ4n) is 2.87. The summed E-state index contributed by atoms with van der Waals surface area (Å²) >= 11 is 2.67. The monoisotopic (exact) mass is 425 g/mol. The molecule has 0 aliphatic carbocycles. The van der Waals surface area contributed by atoms with Crippen molar-refractivity contribution in [1.29, 1.82) is 5.26 Å². The molecule has 29 heavy (non-hydrogen) atoms. The third-order valence-corrected chi connectivity index (χ3v) is 6.00. The molecule has 4 aromatic rings. The van der Waals surface area contributed by atoms with E-state index in [1.807, 2.05) is 16.7 Å². The van der Waals surface area contributed by atoms with Gasteiger partial charge in [0.15, 0.2) is 22.1 Å². The van der Waals surface area contributed by atoms with Crippen molar-refractivity contribution in [3.63, 3.8) is 0 Å². The molecule has 9 nitrogen and oxygen atoms in total. The van der Waals surface area contributed by atoms with E-state index >= 15 is 0 Å². The van der Waals surface area contributed by atoms with Crippen LogP contribution in [-0.2, 0) is 6.54 Å². The highest BCUT2D eigenvalue weighted by Gasteiger charge is 2.18. The lowest BCUT2D eigenvalue weighted by Gasteiger charge is -2.11. The summed E-state index contributed by atoms with van der Waals surface area (Å²) in [5.41, 5.74) is 8.59. The van der Waals surface area contributed by atoms with E-state index in [0.29, 0.717) is 40.2 Å². The van der Waals surface area contributed by atoms with Crippen molar-refractivity contribution in [3.05, 3.63) is 24.0 Å². The first kappa shape index (κ1) is 19.5. The average molecular weight is 426 g/mol. The number of imidazole rings is 1. The number of nitriles is 1. The van der Waals surface area contributed by atoms with E-state index in [9.17, 15) is 5.26 Å². The number of fused-ring (bicyclic) bond motifs is 2. The zero-order valence-corrected chi connectivity index (χ0v) is 17.6. The van der Waals surface area contributed by atoms with E-state index in [0.717, 1.165) is 28.2 Å². The Balaban J connectivity index is 1.72. The second-order valence-electron chi connectivity index (χ2n) is 6.88. The number of hydrogen-bond donors (Lipinski definition) is 2. The van der Waals surface area contributed by atoms with Gasteiger partial charge in [-0.2, -0.15) is 5.26 Å². The maximum absolute atomic E-state index is 9.59. The summed E-state index contributed by atoms with van der Waals surface area (Å²) in [6, 6.07) is 5.94. The Labute approximate surface area is 175 Å². The third-order valence-electron chi connectivity index (χ3n) is 4.26. The number of anilines is 1. The van der Waals surface area contributed by atoms with Crippen LogP contribution in [0.2, 0.25) is 0 Å². The number of rotatable bonds is 7. The summed E-state index contributed by atoms with van der Waals surface area (Å²) in [6.45, 7) is 6.70. The predicted molar refractivity (Wildman–Crippen MR) is 114 cm³/mol. The van der Waals surface area contributed by atoms with Gasteiger partial charge in [0.2, 0.25) is 0 Å². The second-order valence-corrected chi connectivity index (χ2v) is 8.67. The van der Waals surface area contributed by atoms with Crippen LogP contribution in [0.5, 0.6) is 0 Å². The molecule has 0 unspecified atom stereocenters. The lowest BCUT2D eigenvalue weighted by molar-refractivity contribution is 0.516. The molecule has 0 spiro atoms. The molecule has 3 aromatic heterocycles. The number of benzene rings is 1. The van der Waals surface area contributed by atoms with Gasteiger partial charge < -0.3 is 15.6 Å². The second kappa shape index (κ2) is 8.28. The van der Waals surface area contributed by atoms with Crippen LogP contribution >= 0.6 is 23.3 Å². The number of nitrogens with zero attached hydrogens (tertiary/aromatic N) is 7. The molecule has 148 valence electrons. The molecule has 1 aromatic carbocycles. The molecule has 3 heterocycles. The molecule has 0 saturated heterocycles. The van der Waals surface area contributed by atoms with Crippen molar-refractivity contribution in [3.8, 4) is 6.07 Å². The topological polar surface area (TPSA) is 131 Å². The summed E-state index contributed by atoms with van der Waals surface area (Å²) in [7, 11) is 0. The summed E-state index contributed by atoms with van der Waals surface area (Å²) in [4.78, 5) is 13.9.